The zero-order valence-corrected chi connectivity index (χ0v) is 13.2. The third-order valence-electron chi connectivity index (χ3n) is 4.33. The molecule has 2 aliphatic heterocycles. The predicted octanol–water partition coefficient (Wildman–Crippen LogP) is 1.95. The molecule has 1 amide bonds. The zero-order valence-electron chi connectivity index (χ0n) is 11.6. The molecule has 0 bridgehead atoms. The van der Waals surface area contributed by atoms with Crippen molar-refractivity contribution in [3.05, 3.63) is 16.9 Å². The molecule has 5 nitrogen and oxygen atoms in total. The van der Waals surface area contributed by atoms with Gasteiger partial charge in [-0.2, -0.15) is 5.10 Å². The molecule has 0 saturated carbocycles. The molecule has 3 heterocycles. The molecule has 0 aromatic carbocycles. The number of amides is 1. The van der Waals surface area contributed by atoms with E-state index in [9.17, 15) is 4.79 Å². The first-order chi connectivity index (χ1) is 9.74. The number of nitrogens with one attached hydrogen (secondary N) is 1. The van der Waals surface area contributed by atoms with Gasteiger partial charge in [0, 0.05) is 19.3 Å². The van der Waals surface area contributed by atoms with Crippen LogP contribution in [0.15, 0.2) is 16.9 Å². The highest BCUT2D eigenvalue weighted by molar-refractivity contribution is 9.10. The molecule has 0 aliphatic carbocycles. The van der Waals surface area contributed by atoms with Gasteiger partial charge in [-0.3, -0.25) is 9.48 Å². The Bertz CT molecular complexity index is 461. The highest BCUT2D eigenvalue weighted by atomic mass is 79.9. The van der Waals surface area contributed by atoms with E-state index in [1.807, 2.05) is 22.0 Å². The Morgan fingerprint density at radius 2 is 2.10 bits per heavy atom. The Morgan fingerprint density at radius 3 is 2.70 bits per heavy atom. The standard InChI is InChI=1S/C14H21BrN4O/c15-11-9-17-19(10-11)12-4-7-18(8-5-12)14(20)13-3-1-2-6-16-13/h9-10,12-13,16H,1-8H2. The van der Waals surface area contributed by atoms with E-state index < -0.39 is 0 Å². The predicted molar refractivity (Wildman–Crippen MR) is 80.4 cm³/mol. The Kier molecular flexibility index (Phi) is 4.41. The Labute approximate surface area is 127 Å². The zero-order chi connectivity index (χ0) is 13.9. The molecule has 20 heavy (non-hydrogen) atoms. The van der Waals surface area contributed by atoms with Gasteiger partial charge in [0.05, 0.1) is 22.8 Å². The lowest BCUT2D eigenvalue weighted by molar-refractivity contribution is -0.135. The summed E-state index contributed by atoms with van der Waals surface area (Å²) in [6.45, 7) is 2.67. The average molecular weight is 341 g/mol. The molecule has 0 spiro atoms. The maximum absolute atomic E-state index is 12.4. The van der Waals surface area contributed by atoms with Gasteiger partial charge in [0.25, 0.3) is 0 Å². The first-order valence-electron chi connectivity index (χ1n) is 7.46. The molecular formula is C14H21BrN4O. The van der Waals surface area contributed by atoms with E-state index in [0.717, 1.165) is 43.4 Å². The number of nitrogens with zero attached hydrogens (tertiary/aromatic N) is 3. The molecule has 1 aromatic rings. The van der Waals surface area contributed by atoms with Gasteiger partial charge < -0.3 is 10.2 Å². The molecule has 3 rings (SSSR count). The molecule has 0 radical (unpaired) electrons. The minimum atomic E-state index is 0.0548. The fourth-order valence-electron chi connectivity index (χ4n) is 3.15. The molecule has 1 aromatic heterocycles. The van der Waals surface area contributed by atoms with Crippen LogP contribution in [-0.2, 0) is 4.79 Å². The third kappa shape index (κ3) is 3.06. The summed E-state index contributed by atoms with van der Waals surface area (Å²) in [5.41, 5.74) is 0. The molecule has 110 valence electrons. The van der Waals surface area contributed by atoms with E-state index in [4.69, 9.17) is 0 Å². The van der Waals surface area contributed by atoms with Gasteiger partial charge in [-0.05, 0) is 48.2 Å². The van der Waals surface area contributed by atoms with Gasteiger partial charge >= 0.3 is 0 Å². The van der Waals surface area contributed by atoms with Crippen molar-refractivity contribution in [3.8, 4) is 0 Å². The summed E-state index contributed by atoms with van der Waals surface area (Å²) in [5, 5.41) is 7.70. The lowest BCUT2D eigenvalue weighted by atomic mass is 10.0. The molecule has 2 fully saturated rings. The highest BCUT2D eigenvalue weighted by Crippen LogP contribution is 2.24. The van der Waals surface area contributed by atoms with Crippen molar-refractivity contribution in [1.29, 1.82) is 0 Å². The number of hydrogen-bond donors (Lipinski definition) is 1. The van der Waals surface area contributed by atoms with Gasteiger partial charge in [-0.25, -0.2) is 0 Å². The monoisotopic (exact) mass is 340 g/mol. The van der Waals surface area contributed by atoms with E-state index in [-0.39, 0.29) is 6.04 Å². The van der Waals surface area contributed by atoms with Crippen LogP contribution in [0.5, 0.6) is 0 Å². The maximum Gasteiger partial charge on any atom is 0.239 e. The number of likely N-dealkylation sites (tertiary alicyclic amines) is 1. The van der Waals surface area contributed by atoms with Crippen LogP contribution in [0.25, 0.3) is 0 Å². The van der Waals surface area contributed by atoms with E-state index in [1.54, 1.807) is 0 Å². The first-order valence-corrected chi connectivity index (χ1v) is 8.25. The van der Waals surface area contributed by atoms with Crippen molar-refractivity contribution < 1.29 is 4.79 Å². The topological polar surface area (TPSA) is 50.2 Å². The number of rotatable bonds is 2. The summed E-state index contributed by atoms with van der Waals surface area (Å²) in [5.74, 6) is 0.296. The number of halogens is 1. The molecule has 2 saturated heterocycles. The van der Waals surface area contributed by atoms with Crippen molar-refractivity contribution in [2.45, 2.75) is 44.2 Å². The lowest BCUT2D eigenvalue weighted by Crippen LogP contribution is -2.50. The van der Waals surface area contributed by atoms with Gasteiger partial charge in [0.1, 0.15) is 0 Å². The molecular weight excluding hydrogens is 320 g/mol. The van der Waals surface area contributed by atoms with Gasteiger partial charge in [0.2, 0.25) is 5.91 Å². The second kappa shape index (κ2) is 6.26. The van der Waals surface area contributed by atoms with E-state index in [0.29, 0.717) is 11.9 Å². The van der Waals surface area contributed by atoms with Crippen LogP contribution in [0.4, 0.5) is 0 Å². The number of piperidine rings is 2. The third-order valence-corrected chi connectivity index (χ3v) is 4.74. The van der Waals surface area contributed by atoms with Crippen LogP contribution < -0.4 is 5.32 Å². The summed E-state index contributed by atoms with van der Waals surface area (Å²) >= 11 is 3.43. The number of carbonyl (C=O) groups excluding carboxylic acids is 1. The van der Waals surface area contributed by atoms with Crippen LogP contribution in [0.3, 0.4) is 0 Å². The van der Waals surface area contributed by atoms with Crippen molar-refractivity contribution in [2.75, 3.05) is 19.6 Å². The molecule has 2 aliphatic rings. The summed E-state index contributed by atoms with van der Waals surface area (Å²) in [4.78, 5) is 14.5. The number of aromatic nitrogens is 2. The minimum Gasteiger partial charge on any atom is -0.341 e. The van der Waals surface area contributed by atoms with Gasteiger partial charge in [-0.15, -0.1) is 0 Å². The molecule has 6 heteroatoms. The van der Waals surface area contributed by atoms with Crippen molar-refractivity contribution in [3.63, 3.8) is 0 Å². The quantitative estimate of drug-likeness (QED) is 0.895. The van der Waals surface area contributed by atoms with Gasteiger partial charge in [-0.1, -0.05) is 6.42 Å². The summed E-state index contributed by atoms with van der Waals surface area (Å²) < 4.78 is 3.03. The summed E-state index contributed by atoms with van der Waals surface area (Å²) in [6.07, 6.45) is 9.18. The van der Waals surface area contributed by atoms with Crippen LogP contribution in [0, 0.1) is 0 Å². The maximum atomic E-state index is 12.4. The Balaban J connectivity index is 1.54. The molecule has 1 N–H and O–H groups in total. The molecule has 1 unspecified atom stereocenters. The van der Waals surface area contributed by atoms with E-state index in [1.165, 1.54) is 12.8 Å². The summed E-state index contributed by atoms with van der Waals surface area (Å²) in [7, 11) is 0. The van der Waals surface area contributed by atoms with Crippen LogP contribution >= 0.6 is 15.9 Å². The SMILES string of the molecule is O=C(C1CCCCN1)N1CCC(n2cc(Br)cn2)CC1. The Morgan fingerprint density at radius 1 is 1.30 bits per heavy atom. The van der Waals surface area contributed by atoms with E-state index in [2.05, 4.69) is 26.3 Å². The van der Waals surface area contributed by atoms with Crippen LogP contribution in [0.1, 0.15) is 38.1 Å². The Hall–Kier alpha value is -0.880. The summed E-state index contributed by atoms with van der Waals surface area (Å²) in [6, 6.07) is 0.476. The largest absolute Gasteiger partial charge is 0.341 e. The second-order valence-electron chi connectivity index (χ2n) is 5.70. The smallest absolute Gasteiger partial charge is 0.239 e. The van der Waals surface area contributed by atoms with Crippen LogP contribution in [0.2, 0.25) is 0 Å². The molecule has 1 atom stereocenters. The fraction of sp³-hybridized carbons (Fsp3) is 0.714. The fourth-order valence-corrected chi connectivity index (χ4v) is 3.45. The normalized spacial score (nSPS) is 24.9. The minimum absolute atomic E-state index is 0.0548. The van der Waals surface area contributed by atoms with Gasteiger partial charge in [0.15, 0.2) is 0 Å². The first kappa shape index (κ1) is 14.1. The number of hydrogen-bond acceptors (Lipinski definition) is 3. The van der Waals surface area contributed by atoms with Crippen molar-refractivity contribution >= 4 is 21.8 Å². The number of carbonyl (C=O) groups is 1. The highest BCUT2D eigenvalue weighted by Gasteiger charge is 2.29. The van der Waals surface area contributed by atoms with E-state index >= 15 is 0 Å². The van der Waals surface area contributed by atoms with Crippen LogP contribution in [-0.4, -0.2) is 46.3 Å². The average Bonchev–Trinajstić information content (AvgIpc) is 2.94. The lowest BCUT2D eigenvalue weighted by Gasteiger charge is -2.35. The second-order valence-corrected chi connectivity index (χ2v) is 6.61. The van der Waals surface area contributed by atoms with Crippen molar-refractivity contribution in [2.24, 2.45) is 0 Å². The van der Waals surface area contributed by atoms with Crippen molar-refractivity contribution in [1.82, 2.24) is 20.0 Å².